The van der Waals surface area contributed by atoms with Gasteiger partial charge in [0.15, 0.2) is 0 Å². The third-order valence-electron chi connectivity index (χ3n) is 3.07. The molecule has 0 bridgehead atoms. The maximum Gasteiger partial charge on any atom is 0.337 e. The van der Waals surface area contributed by atoms with E-state index in [1.54, 1.807) is 0 Å². The van der Waals surface area contributed by atoms with Gasteiger partial charge in [-0.1, -0.05) is 23.7 Å². The minimum absolute atomic E-state index is 0.0117. The van der Waals surface area contributed by atoms with Crippen molar-refractivity contribution in [1.82, 2.24) is 0 Å². The Morgan fingerprint density at radius 1 is 1.22 bits per heavy atom. The van der Waals surface area contributed by atoms with E-state index >= 15 is 0 Å². The second-order valence-corrected chi connectivity index (χ2v) is 5.39. The van der Waals surface area contributed by atoms with E-state index in [9.17, 15) is 9.59 Å². The number of hydrogen-bond acceptors (Lipinski definition) is 3. The van der Waals surface area contributed by atoms with Gasteiger partial charge in [-0.15, -0.1) is 0 Å². The zero-order valence-corrected chi connectivity index (χ0v) is 13.3. The number of carbonyl (C=O) groups excluding carboxylic acids is 1. The molecule has 2 N–H and O–H groups in total. The number of amides is 1. The molecule has 0 radical (unpaired) electrons. The van der Waals surface area contributed by atoms with Gasteiger partial charge in [-0.2, -0.15) is 0 Å². The summed E-state index contributed by atoms with van der Waals surface area (Å²) in [6.07, 6.45) is 0.0967. The molecule has 0 heterocycles. The fourth-order valence-electron chi connectivity index (χ4n) is 1.99. The van der Waals surface area contributed by atoms with Crippen LogP contribution in [0.2, 0.25) is 5.02 Å². The summed E-state index contributed by atoms with van der Waals surface area (Å²) in [5.41, 5.74) is 1.23. The van der Waals surface area contributed by atoms with Gasteiger partial charge < -0.3 is 15.2 Å². The van der Waals surface area contributed by atoms with Crippen molar-refractivity contribution in [2.45, 2.75) is 13.3 Å². The van der Waals surface area contributed by atoms with Crippen LogP contribution in [0.25, 0.3) is 0 Å². The van der Waals surface area contributed by atoms with Crippen LogP contribution in [-0.2, 0) is 4.79 Å². The summed E-state index contributed by atoms with van der Waals surface area (Å²) in [4.78, 5) is 23.1. The number of halogens is 1. The van der Waals surface area contributed by atoms with Gasteiger partial charge in [-0.25, -0.2) is 4.79 Å². The first kappa shape index (κ1) is 16.8. The van der Waals surface area contributed by atoms with Gasteiger partial charge in [0.25, 0.3) is 0 Å². The van der Waals surface area contributed by atoms with Crippen molar-refractivity contribution in [3.05, 3.63) is 58.6 Å². The van der Waals surface area contributed by atoms with Gasteiger partial charge in [-0.05, 0) is 42.8 Å². The van der Waals surface area contributed by atoms with Crippen LogP contribution in [0.1, 0.15) is 22.3 Å². The summed E-state index contributed by atoms with van der Waals surface area (Å²) in [7, 11) is 0. The summed E-state index contributed by atoms with van der Waals surface area (Å²) >= 11 is 5.84. The van der Waals surface area contributed by atoms with Gasteiger partial charge >= 0.3 is 5.97 Å². The lowest BCUT2D eigenvalue weighted by molar-refractivity contribution is -0.116. The molecule has 1 amide bonds. The highest BCUT2D eigenvalue weighted by molar-refractivity contribution is 6.31. The van der Waals surface area contributed by atoms with Crippen molar-refractivity contribution >= 4 is 29.2 Å². The SMILES string of the molecule is Cc1cccc(OCCC(=O)Nc2cc(Cl)ccc2C(=O)O)c1. The maximum absolute atomic E-state index is 11.9. The van der Waals surface area contributed by atoms with E-state index in [-0.39, 0.29) is 30.2 Å². The summed E-state index contributed by atoms with van der Waals surface area (Å²) in [6, 6.07) is 11.7. The first-order chi connectivity index (χ1) is 11.0. The third kappa shape index (κ3) is 5.00. The number of anilines is 1. The summed E-state index contributed by atoms with van der Waals surface area (Å²) in [5, 5.41) is 12.0. The van der Waals surface area contributed by atoms with Crippen LogP contribution < -0.4 is 10.1 Å². The molecule has 0 saturated heterocycles. The zero-order chi connectivity index (χ0) is 16.8. The number of carbonyl (C=O) groups is 2. The first-order valence-electron chi connectivity index (χ1n) is 6.98. The molecular weight excluding hydrogens is 318 g/mol. The van der Waals surface area contributed by atoms with Gasteiger partial charge in [-0.3, -0.25) is 4.79 Å². The minimum Gasteiger partial charge on any atom is -0.493 e. The van der Waals surface area contributed by atoms with E-state index < -0.39 is 5.97 Å². The standard InChI is InChI=1S/C17H16ClNO4/c1-11-3-2-4-13(9-11)23-8-7-16(20)19-15-10-12(18)5-6-14(15)17(21)22/h2-6,9-10H,7-8H2,1H3,(H,19,20)(H,21,22). The highest BCUT2D eigenvalue weighted by atomic mass is 35.5. The number of benzene rings is 2. The molecule has 2 rings (SSSR count). The molecule has 0 fully saturated rings. The molecule has 0 unspecified atom stereocenters. The Kier molecular flexibility index (Phi) is 5.60. The Bertz CT molecular complexity index is 730. The summed E-state index contributed by atoms with van der Waals surface area (Å²) < 4.78 is 5.49. The summed E-state index contributed by atoms with van der Waals surface area (Å²) in [5.74, 6) is -0.790. The molecule has 2 aromatic rings. The smallest absolute Gasteiger partial charge is 0.337 e. The lowest BCUT2D eigenvalue weighted by Crippen LogP contribution is -2.17. The molecule has 5 nitrogen and oxygen atoms in total. The first-order valence-corrected chi connectivity index (χ1v) is 7.35. The minimum atomic E-state index is -1.13. The molecule has 2 aromatic carbocycles. The van der Waals surface area contributed by atoms with Crippen LogP contribution in [0.3, 0.4) is 0 Å². The summed E-state index contributed by atoms with van der Waals surface area (Å²) in [6.45, 7) is 2.14. The predicted molar refractivity (Wildman–Crippen MR) is 88.3 cm³/mol. The van der Waals surface area contributed by atoms with Crippen LogP contribution in [-0.4, -0.2) is 23.6 Å². The fraction of sp³-hybridized carbons (Fsp3) is 0.176. The molecule has 6 heteroatoms. The van der Waals surface area contributed by atoms with E-state index in [1.165, 1.54) is 18.2 Å². The molecule has 0 aliphatic rings. The lowest BCUT2D eigenvalue weighted by Gasteiger charge is -2.10. The Morgan fingerprint density at radius 3 is 2.70 bits per heavy atom. The largest absolute Gasteiger partial charge is 0.493 e. The Labute approximate surface area is 138 Å². The second kappa shape index (κ2) is 7.65. The average molecular weight is 334 g/mol. The molecular formula is C17H16ClNO4. The van der Waals surface area contributed by atoms with Crippen molar-refractivity contribution in [3.63, 3.8) is 0 Å². The van der Waals surface area contributed by atoms with E-state index in [2.05, 4.69) is 5.32 Å². The van der Waals surface area contributed by atoms with Crippen molar-refractivity contribution in [3.8, 4) is 5.75 Å². The molecule has 0 aliphatic heterocycles. The molecule has 23 heavy (non-hydrogen) atoms. The Balaban J connectivity index is 1.92. The molecule has 0 aromatic heterocycles. The Hall–Kier alpha value is -2.53. The number of nitrogens with one attached hydrogen (secondary N) is 1. The fourth-order valence-corrected chi connectivity index (χ4v) is 2.16. The van der Waals surface area contributed by atoms with Crippen LogP contribution in [0.4, 0.5) is 5.69 Å². The number of carboxylic acid groups (broad SMARTS) is 1. The highest BCUT2D eigenvalue weighted by Gasteiger charge is 2.13. The normalized spacial score (nSPS) is 10.2. The van der Waals surface area contributed by atoms with Crippen LogP contribution in [0.5, 0.6) is 5.75 Å². The molecule has 0 saturated carbocycles. The van der Waals surface area contributed by atoms with Gasteiger partial charge in [0, 0.05) is 5.02 Å². The zero-order valence-electron chi connectivity index (χ0n) is 12.5. The van der Waals surface area contributed by atoms with Crippen LogP contribution >= 0.6 is 11.6 Å². The third-order valence-corrected chi connectivity index (χ3v) is 3.31. The monoisotopic (exact) mass is 333 g/mol. The quantitative estimate of drug-likeness (QED) is 0.844. The number of aryl methyl sites for hydroxylation is 1. The number of ether oxygens (including phenoxy) is 1. The predicted octanol–water partition coefficient (Wildman–Crippen LogP) is 3.75. The Morgan fingerprint density at radius 2 is 2.00 bits per heavy atom. The average Bonchev–Trinajstić information content (AvgIpc) is 2.47. The maximum atomic E-state index is 11.9. The van der Waals surface area contributed by atoms with Crippen molar-refractivity contribution in [2.24, 2.45) is 0 Å². The van der Waals surface area contributed by atoms with Crippen LogP contribution in [0.15, 0.2) is 42.5 Å². The second-order valence-electron chi connectivity index (χ2n) is 4.96. The molecule has 0 spiro atoms. The highest BCUT2D eigenvalue weighted by Crippen LogP contribution is 2.21. The van der Waals surface area contributed by atoms with Crippen LogP contribution in [0, 0.1) is 6.92 Å². The molecule has 0 atom stereocenters. The lowest BCUT2D eigenvalue weighted by atomic mass is 10.1. The van der Waals surface area contributed by atoms with E-state index in [0.717, 1.165) is 5.56 Å². The van der Waals surface area contributed by atoms with Crippen molar-refractivity contribution < 1.29 is 19.4 Å². The van der Waals surface area contributed by atoms with E-state index in [0.29, 0.717) is 10.8 Å². The van der Waals surface area contributed by atoms with E-state index in [4.69, 9.17) is 21.4 Å². The number of carboxylic acids is 1. The molecule has 0 aliphatic carbocycles. The number of rotatable bonds is 6. The molecule has 120 valence electrons. The topological polar surface area (TPSA) is 75.6 Å². The number of aromatic carboxylic acids is 1. The van der Waals surface area contributed by atoms with Gasteiger partial charge in [0.05, 0.1) is 24.3 Å². The van der Waals surface area contributed by atoms with Gasteiger partial charge in [0.1, 0.15) is 5.75 Å². The van der Waals surface area contributed by atoms with Crippen molar-refractivity contribution in [2.75, 3.05) is 11.9 Å². The van der Waals surface area contributed by atoms with E-state index in [1.807, 2.05) is 31.2 Å². The van der Waals surface area contributed by atoms with Crippen molar-refractivity contribution in [1.29, 1.82) is 0 Å². The van der Waals surface area contributed by atoms with Gasteiger partial charge in [0.2, 0.25) is 5.91 Å². The number of hydrogen-bond donors (Lipinski definition) is 2.